The number of hydrogen-bond donors (Lipinski definition) is 1. The topological polar surface area (TPSA) is 54.4 Å². The zero-order valence-electron chi connectivity index (χ0n) is 10.9. The maximum absolute atomic E-state index is 11.8. The van der Waals surface area contributed by atoms with Crippen LogP contribution in [0, 0.1) is 0 Å². The molecule has 0 bridgehead atoms. The highest BCUT2D eigenvalue weighted by Gasteiger charge is 2.06. The van der Waals surface area contributed by atoms with E-state index >= 15 is 0 Å². The van der Waals surface area contributed by atoms with Crippen molar-refractivity contribution < 1.29 is 4.79 Å². The van der Waals surface area contributed by atoms with Crippen LogP contribution in [0.5, 0.6) is 0 Å². The van der Waals surface area contributed by atoms with Crippen LogP contribution in [0.2, 0.25) is 0 Å². The van der Waals surface area contributed by atoms with Crippen molar-refractivity contribution in [3.8, 4) is 0 Å². The molecule has 2 aromatic heterocycles. The Hall–Kier alpha value is -2.01. The summed E-state index contributed by atoms with van der Waals surface area (Å²) in [6.45, 7) is 3.99. The van der Waals surface area contributed by atoms with E-state index < -0.39 is 0 Å². The van der Waals surface area contributed by atoms with E-state index in [9.17, 15) is 4.79 Å². The molecule has 4 nitrogen and oxygen atoms in total. The molecule has 0 unspecified atom stereocenters. The molecule has 0 atom stereocenters. The Morgan fingerprint density at radius 1 is 1.37 bits per heavy atom. The van der Waals surface area contributed by atoms with Crippen LogP contribution in [0.25, 0.3) is 0 Å². The van der Waals surface area contributed by atoms with Gasteiger partial charge in [0.1, 0.15) is 5.69 Å². The maximum atomic E-state index is 11.8. The summed E-state index contributed by atoms with van der Waals surface area (Å²) in [5.41, 5.74) is 3.68. The zero-order valence-corrected chi connectivity index (χ0v) is 11.7. The van der Waals surface area contributed by atoms with Crippen LogP contribution in [0.3, 0.4) is 0 Å². The van der Waals surface area contributed by atoms with Crippen LogP contribution in [0.1, 0.15) is 34.1 Å². The van der Waals surface area contributed by atoms with Gasteiger partial charge in [-0.05, 0) is 37.6 Å². The minimum atomic E-state index is -0.299. The van der Waals surface area contributed by atoms with Gasteiger partial charge in [-0.15, -0.1) is 11.3 Å². The molecule has 0 aromatic carbocycles. The minimum Gasteiger partial charge on any atom is -0.266 e. The molecule has 2 aromatic rings. The number of carbonyl (C=O) groups is 1. The van der Waals surface area contributed by atoms with Crippen LogP contribution in [-0.2, 0) is 6.42 Å². The fourth-order valence-electron chi connectivity index (χ4n) is 1.51. The number of rotatable bonds is 4. The first-order chi connectivity index (χ1) is 9.20. The van der Waals surface area contributed by atoms with Gasteiger partial charge in [0.05, 0.1) is 10.6 Å². The average molecular weight is 273 g/mol. The lowest BCUT2D eigenvalue weighted by molar-refractivity contribution is 0.0950. The number of aryl methyl sites for hydroxylation is 1. The lowest BCUT2D eigenvalue weighted by Crippen LogP contribution is -2.20. The van der Waals surface area contributed by atoms with Crippen molar-refractivity contribution in [3.63, 3.8) is 0 Å². The Bertz CT molecular complexity index is 590. The van der Waals surface area contributed by atoms with E-state index in [1.54, 1.807) is 35.7 Å². The Morgan fingerprint density at radius 3 is 2.84 bits per heavy atom. The van der Waals surface area contributed by atoms with E-state index in [0.29, 0.717) is 5.69 Å². The average Bonchev–Trinajstić information content (AvgIpc) is 2.94. The smallest absolute Gasteiger partial charge is 0.266 e. The number of aromatic nitrogens is 1. The van der Waals surface area contributed by atoms with Gasteiger partial charge in [0.15, 0.2) is 0 Å². The summed E-state index contributed by atoms with van der Waals surface area (Å²) in [7, 11) is 0. The molecule has 5 heteroatoms. The second-order valence-corrected chi connectivity index (χ2v) is 5.14. The highest BCUT2D eigenvalue weighted by molar-refractivity contribution is 7.14. The van der Waals surface area contributed by atoms with Gasteiger partial charge < -0.3 is 0 Å². The van der Waals surface area contributed by atoms with Crippen LogP contribution in [-0.4, -0.2) is 16.6 Å². The predicted octanol–water partition coefficient (Wildman–Crippen LogP) is 2.86. The molecule has 2 rings (SSSR count). The van der Waals surface area contributed by atoms with Crippen LogP contribution in [0.15, 0.2) is 41.6 Å². The number of amides is 1. The van der Waals surface area contributed by atoms with E-state index in [-0.39, 0.29) is 5.91 Å². The number of nitrogens with zero attached hydrogens (tertiary/aromatic N) is 2. The van der Waals surface area contributed by atoms with Crippen LogP contribution in [0.4, 0.5) is 0 Å². The largest absolute Gasteiger partial charge is 0.289 e. The second-order valence-electron chi connectivity index (χ2n) is 3.97. The third kappa shape index (κ3) is 3.48. The molecule has 0 aliphatic heterocycles. The third-order valence-electron chi connectivity index (χ3n) is 2.59. The van der Waals surface area contributed by atoms with Crippen molar-refractivity contribution in [3.05, 3.63) is 52.0 Å². The molecule has 19 heavy (non-hydrogen) atoms. The summed E-state index contributed by atoms with van der Waals surface area (Å²) in [5, 5.41) is 4.11. The van der Waals surface area contributed by atoms with Crippen LogP contribution >= 0.6 is 11.3 Å². The lowest BCUT2D eigenvalue weighted by Gasteiger charge is -2.00. The summed E-state index contributed by atoms with van der Waals surface area (Å²) in [4.78, 5) is 18.1. The van der Waals surface area contributed by atoms with E-state index in [4.69, 9.17) is 0 Å². The number of hydrazone groups is 1. The van der Waals surface area contributed by atoms with Gasteiger partial charge >= 0.3 is 0 Å². The fraction of sp³-hybridized carbons (Fsp3) is 0.214. The molecule has 0 aliphatic rings. The van der Waals surface area contributed by atoms with Crippen molar-refractivity contribution in [1.82, 2.24) is 10.4 Å². The van der Waals surface area contributed by atoms with Gasteiger partial charge in [-0.2, -0.15) is 5.10 Å². The summed E-state index contributed by atoms with van der Waals surface area (Å²) >= 11 is 1.69. The predicted molar refractivity (Wildman–Crippen MR) is 77.6 cm³/mol. The highest BCUT2D eigenvalue weighted by Crippen LogP contribution is 2.17. The normalized spacial score (nSPS) is 11.4. The third-order valence-corrected chi connectivity index (χ3v) is 3.93. The number of hydrogen-bond acceptors (Lipinski definition) is 4. The first-order valence-electron chi connectivity index (χ1n) is 6.05. The molecule has 98 valence electrons. The SMILES string of the molecule is CCc1ccc(/C(C)=N/NC(=O)c2ccccn2)s1. The monoisotopic (exact) mass is 273 g/mol. The van der Waals surface area contributed by atoms with E-state index in [1.165, 1.54) is 4.88 Å². The Labute approximate surface area is 116 Å². The number of carbonyl (C=O) groups excluding carboxylic acids is 1. The summed E-state index contributed by atoms with van der Waals surface area (Å²) < 4.78 is 0. The minimum absolute atomic E-state index is 0.299. The Balaban J connectivity index is 2.04. The Kier molecular flexibility index (Phi) is 4.41. The molecular weight excluding hydrogens is 258 g/mol. The van der Waals surface area contributed by atoms with Gasteiger partial charge in [0.25, 0.3) is 5.91 Å². The first kappa shape index (κ1) is 13.4. The summed E-state index contributed by atoms with van der Waals surface area (Å²) in [5.74, 6) is -0.299. The molecule has 1 amide bonds. The van der Waals surface area contributed by atoms with Crippen molar-refractivity contribution in [1.29, 1.82) is 0 Å². The molecule has 0 saturated heterocycles. The van der Waals surface area contributed by atoms with Crippen molar-refractivity contribution in [2.24, 2.45) is 5.10 Å². The molecular formula is C14H15N3OS. The number of pyridine rings is 1. The van der Waals surface area contributed by atoms with E-state index in [1.807, 2.05) is 13.0 Å². The molecule has 0 aliphatic carbocycles. The first-order valence-corrected chi connectivity index (χ1v) is 6.87. The molecule has 2 heterocycles. The van der Waals surface area contributed by atoms with Crippen LogP contribution < -0.4 is 5.43 Å². The van der Waals surface area contributed by atoms with Gasteiger partial charge in [0, 0.05) is 11.1 Å². The Morgan fingerprint density at radius 2 is 2.21 bits per heavy atom. The zero-order chi connectivity index (χ0) is 13.7. The maximum Gasteiger partial charge on any atom is 0.289 e. The van der Waals surface area contributed by atoms with Gasteiger partial charge in [-0.3, -0.25) is 9.78 Å². The quantitative estimate of drug-likeness (QED) is 0.688. The van der Waals surface area contributed by atoms with Gasteiger partial charge in [0.2, 0.25) is 0 Å². The van der Waals surface area contributed by atoms with E-state index in [0.717, 1.165) is 17.0 Å². The molecule has 0 spiro atoms. The lowest BCUT2D eigenvalue weighted by atomic mass is 10.3. The van der Waals surface area contributed by atoms with Gasteiger partial charge in [-0.1, -0.05) is 13.0 Å². The van der Waals surface area contributed by atoms with Crippen molar-refractivity contribution in [2.45, 2.75) is 20.3 Å². The summed E-state index contributed by atoms with van der Waals surface area (Å²) in [6.07, 6.45) is 2.59. The number of thiophene rings is 1. The highest BCUT2D eigenvalue weighted by atomic mass is 32.1. The molecule has 0 fully saturated rings. The fourth-order valence-corrected chi connectivity index (χ4v) is 2.40. The standard InChI is InChI=1S/C14H15N3OS/c1-3-11-7-8-13(19-11)10(2)16-17-14(18)12-6-4-5-9-15-12/h4-9H,3H2,1-2H3,(H,17,18)/b16-10+. The number of nitrogens with one attached hydrogen (secondary N) is 1. The van der Waals surface area contributed by atoms with Crippen molar-refractivity contribution in [2.75, 3.05) is 0 Å². The summed E-state index contributed by atoms with van der Waals surface area (Å²) in [6, 6.07) is 9.30. The van der Waals surface area contributed by atoms with Gasteiger partial charge in [-0.25, -0.2) is 5.43 Å². The molecule has 1 N–H and O–H groups in total. The van der Waals surface area contributed by atoms with E-state index in [2.05, 4.69) is 28.5 Å². The second kappa shape index (κ2) is 6.24. The molecule has 0 radical (unpaired) electrons. The van der Waals surface area contributed by atoms with Crippen molar-refractivity contribution >= 4 is 23.0 Å². The molecule has 0 saturated carbocycles.